The monoisotopic (exact) mass is 427 g/mol. The summed E-state index contributed by atoms with van der Waals surface area (Å²) in [5.41, 5.74) is -0.172. The summed E-state index contributed by atoms with van der Waals surface area (Å²) >= 11 is 12.4. The number of fused-ring (bicyclic) bond motifs is 1. The van der Waals surface area contributed by atoms with Crippen LogP contribution in [-0.2, 0) is 11.3 Å². The van der Waals surface area contributed by atoms with Crippen molar-refractivity contribution in [2.45, 2.75) is 53.5 Å². The third-order valence-electron chi connectivity index (χ3n) is 4.41. The molecule has 0 saturated heterocycles. The molecule has 0 atom stereocenters. The van der Waals surface area contributed by atoms with Crippen LogP contribution in [0.15, 0.2) is 16.9 Å². The van der Waals surface area contributed by atoms with E-state index in [-0.39, 0.29) is 22.9 Å². The lowest BCUT2D eigenvalue weighted by Crippen LogP contribution is -2.29. The third kappa shape index (κ3) is 5.00. The van der Waals surface area contributed by atoms with E-state index in [9.17, 15) is 9.59 Å². The van der Waals surface area contributed by atoms with Gasteiger partial charge in [-0.2, -0.15) is 0 Å². The lowest BCUT2D eigenvalue weighted by molar-refractivity contribution is 0.0506. The topological polar surface area (TPSA) is 57.5 Å². The fraction of sp³-hybridized carbons (Fsp3) is 0.524. The fourth-order valence-electron chi connectivity index (χ4n) is 2.88. The van der Waals surface area contributed by atoms with Crippen molar-refractivity contribution in [3.63, 3.8) is 0 Å². The van der Waals surface area contributed by atoms with E-state index in [1.165, 1.54) is 10.6 Å². The maximum atomic E-state index is 13.2. The molecule has 0 radical (unpaired) electrons. The summed E-state index contributed by atoms with van der Waals surface area (Å²) in [7, 11) is 0. The van der Waals surface area contributed by atoms with Crippen LogP contribution in [0.2, 0.25) is 10.0 Å². The van der Waals surface area contributed by atoms with Crippen LogP contribution in [0, 0.1) is 5.92 Å². The first-order valence-corrected chi connectivity index (χ1v) is 10.4. The highest BCUT2D eigenvalue weighted by molar-refractivity contribution is 6.42. The van der Waals surface area contributed by atoms with Crippen LogP contribution >= 0.6 is 23.2 Å². The van der Waals surface area contributed by atoms with Crippen molar-refractivity contribution in [2.24, 2.45) is 5.92 Å². The van der Waals surface area contributed by atoms with E-state index in [1.54, 1.807) is 13.0 Å². The number of unbranched alkanes of at least 4 members (excludes halogenated alkanes) is 1. The van der Waals surface area contributed by atoms with E-state index in [0.717, 1.165) is 19.3 Å². The molecular formula is C21H27Cl2NO4. The second-order valence-electron chi connectivity index (χ2n) is 7.05. The predicted molar refractivity (Wildman–Crippen MR) is 114 cm³/mol. The number of carbonyl (C=O) groups excluding carboxylic acids is 1. The van der Waals surface area contributed by atoms with Gasteiger partial charge in [0.1, 0.15) is 0 Å². The Balaban J connectivity index is 2.82. The number of pyridine rings is 1. The highest BCUT2D eigenvalue weighted by atomic mass is 35.5. The number of hydrogen-bond donors (Lipinski definition) is 0. The molecule has 0 aliphatic heterocycles. The predicted octanol–water partition coefficient (Wildman–Crippen LogP) is 5.71. The minimum atomic E-state index is -0.581. The minimum absolute atomic E-state index is 0.134. The van der Waals surface area contributed by atoms with Gasteiger partial charge in [-0.15, -0.1) is 0 Å². The van der Waals surface area contributed by atoms with Crippen LogP contribution in [0.4, 0.5) is 0 Å². The van der Waals surface area contributed by atoms with E-state index < -0.39 is 5.97 Å². The summed E-state index contributed by atoms with van der Waals surface area (Å²) < 4.78 is 12.7. The van der Waals surface area contributed by atoms with Crippen molar-refractivity contribution in [3.05, 3.63) is 38.2 Å². The van der Waals surface area contributed by atoms with Crippen LogP contribution in [0.1, 0.15) is 57.4 Å². The Morgan fingerprint density at radius 3 is 2.36 bits per heavy atom. The number of carbonyl (C=O) groups is 1. The molecule has 0 fully saturated rings. The Bertz CT molecular complexity index is 906. The van der Waals surface area contributed by atoms with Gasteiger partial charge in [0.05, 0.1) is 28.6 Å². The van der Waals surface area contributed by atoms with Crippen LogP contribution in [0.25, 0.3) is 10.8 Å². The van der Waals surface area contributed by atoms with Crippen LogP contribution in [-0.4, -0.2) is 23.8 Å². The van der Waals surface area contributed by atoms with Crippen LogP contribution in [0.3, 0.4) is 0 Å². The quantitative estimate of drug-likeness (QED) is 0.379. The Hall–Kier alpha value is -1.72. The number of nitrogens with zero attached hydrogens (tertiary/aromatic N) is 1. The van der Waals surface area contributed by atoms with E-state index in [0.29, 0.717) is 40.6 Å². The zero-order valence-corrected chi connectivity index (χ0v) is 18.3. The number of aromatic nitrogens is 1. The van der Waals surface area contributed by atoms with E-state index in [2.05, 4.69) is 13.8 Å². The molecule has 1 heterocycles. The van der Waals surface area contributed by atoms with Gasteiger partial charge in [0.2, 0.25) is 0 Å². The standard InChI is InChI=1S/C21H27Cl2NO4/c1-5-7-10-28-19-14-11-16(22)17(23)12-15(14)20(25)24(9-8-13(3)4)18(19)21(26)27-6-2/h11-13H,5-10H2,1-4H3. The summed E-state index contributed by atoms with van der Waals surface area (Å²) in [5, 5.41) is 1.42. The van der Waals surface area contributed by atoms with Gasteiger partial charge in [-0.25, -0.2) is 4.79 Å². The number of esters is 1. The summed E-state index contributed by atoms with van der Waals surface area (Å²) in [5.74, 6) is 0.0996. The molecule has 0 amide bonds. The maximum Gasteiger partial charge on any atom is 0.358 e. The zero-order valence-electron chi connectivity index (χ0n) is 16.8. The van der Waals surface area contributed by atoms with Crippen molar-refractivity contribution >= 4 is 39.9 Å². The smallest absolute Gasteiger partial charge is 0.358 e. The van der Waals surface area contributed by atoms with E-state index >= 15 is 0 Å². The largest absolute Gasteiger partial charge is 0.490 e. The molecule has 0 unspecified atom stereocenters. The summed E-state index contributed by atoms with van der Waals surface area (Å²) in [4.78, 5) is 26.0. The van der Waals surface area contributed by atoms with Crippen LogP contribution < -0.4 is 10.3 Å². The molecule has 7 heteroatoms. The van der Waals surface area contributed by atoms with Crippen molar-refractivity contribution in [1.29, 1.82) is 0 Å². The molecule has 0 spiro atoms. The minimum Gasteiger partial charge on any atom is -0.490 e. The van der Waals surface area contributed by atoms with Gasteiger partial charge in [-0.3, -0.25) is 9.36 Å². The lowest BCUT2D eigenvalue weighted by Gasteiger charge is -2.20. The first kappa shape index (κ1) is 22.6. The normalized spacial score (nSPS) is 11.2. The number of halogens is 2. The van der Waals surface area contributed by atoms with Crippen LogP contribution in [0.5, 0.6) is 5.75 Å². The van der Waals surface area contributed by atoms with Gasteiger partial charge in [0, 0.05) is 11.9 Å². The Kier molecular flexibility index (Phi) is 8.20. The van der Waals surface area contributed by atoms with Gasteiger partial charge in [-0.1, -0.05) is 50.4 Å². The Labute approximate surface area is 175 Å². The SMILES string of the molecule is CCCCOc1c(C(=O)OCC)n(CCC(C)C)c(=O)c2cc(Cl)c(Cl)cc12. The number of hydrogen-bond acceptors (Lipinski definition) is 4. The van der Waals surface area contributed by atoms with Gasteiger partial charge < -0.3 is 9.47 Å². The second kappa shape index (κ2) is 10.2. The van der Waals surface area contributed by atoms with Crippen molar-refractivity contribution in [1.82, 2.24) is 4.57 Å². The molecule has 28 heavy (non-hydrogen) atoms. The molecule has 0 bridgehead atoms. The molecule has 5 nitrogen and oxygen atoms in total. The molecule has 0 N–H and O–H groups in total. The molecule has 0 saturated carbocycles. The first-order valence-electron chi connectivity index (χ1n) is 9.67. The molecule has 1 aromatic carbocycles. The molecule has 0 aliphatic rings. The molecular weight excluding hydrogens is 401 g/mol. The average Bonchev–Trinajstić information content (AvgIpc) is 2.64. The average molecular weight is 428 g/mol. The summed E-state index contributed by atoms with van der Waals surface area (Å²) in [6.45, 7) is 8.89. The lowest BCUT2D eigenvalue weighted by atomic mass is 10.1. The third-order valence-corrected chi connectivity index (χ3v) is 5.13. The van der Waals surface area contributed by atoms with Crippen molar-refractivity contribution < 1.29 is 14.3 Å². The Morgan fingerprint density at radius 2 is 1.79 bits per heavy atom. The van der Waals surface area contributed by atoms with Crippen molar-refractivity contribution in [3.8, 4) is 5.75 Å². The first-order chi connectivity index (χ1) is 13.3. The van der Waals surface area contributed by atoms with E-state index in [4.69, 9.17) is 32.7 Å². The van der Waals surface area contributed by atoms with E-state index in [1.807, 2.05) is 6.92 Å². The summed E-state index contributed by atoms with van der Waals surface area (Å²) in [6.07, 6.45) is 2.48. The van der Waals surface area contributed by atoms with Crippen molar-refractivity contribution in [2.75, 3.05) is 13.2 Å². The number of benzene rings is 1. The number of rotatable bonds is 9. The van der Waals surface area contributed by atoms with Gasteiger partial charge in [0.25, 0.3) is 5.56 Å². The highest BCUT2D eigenvalue weighted by Crippen LogP contribution is 2.34. The highest BCUT2D eigenvalue weighted by Gasteiger charge is 2.25. The second-order valence-corrected chi connectivity index (χ2v) is 7.87. The van der Waals surface area contributed by atoms with Gasteiger partial charge in [-0.05, 0) is 37.8 Å². The van der Waals surface area contributed by atoms with Gasteiger partial charge in [0.15, 0.2) is 11.4 Å². The Morgan fingerprint density at radius 1 is 1.14 bits per heavy atom. The summed E-state index contributed by atoms with van der Waals surface area (Å²) in [6, 6.07) is 3.12. The van der Waals surface area contributed by atoms with Gasteiger partial charge >= 0.3 is 5.97 Å². The molecule has 2 aromatic rings. The zero-order chi connectivity index (χ0) is 20.8. The number of ether oxygens (including phenoxy) is 2. The maximum absolute atomic E-state index is 13.2. The molecule has 0 aliphatic carbocycles. The fourth-order valence-corrected chi connectivity index (χ4v) is 3.20. The molecule has 2 rings (SSSR count). The molecule has 154 valence electrons. The molecule has 1 aromatic heterocycles.